The van der Waals surface area contributed by atoms with Crippen molar-refractivity contribution < 1.29 is 14.4 Å². The van der Waals surface area contributed by atoms with Crippen molar-refractivity contribution in [2.24, 2.45) is 0 Å². The molecule has 0 spiro atoms. The van der Waals surface area contributed by atoms with Crippen LogP contribution < -0.4 is 10.6 Å². The molecular weight excluding hydrogens is 310 g/mol. The van der Waals surface area contributed by atoms with Crippen molar-refractivity contribution >= 4 is 17.8 Å². The van der Waals surface area contributed by atoms with Crippen molar-refractivity contribution in [1.29, 1.82) is 0 Å². The van der Waals surface area contributed by atoms with Gasteiger partial charge in [0.2, 0.25) is 11.8 Å². The van der Waals surface area contributed by atoms with Crippen molar-refractivity contribution in [2.75, 3.05) is 13.1 Å². The van der Waals surface area contributed by atoms with Gasteiger partial charge in [0.15, 0.2) is 0 Å². The van der Waals surface area contributed by atoms with Gasteiger partial charge in [-0.25, -0.2) is 4.79 Å². The minimum atomic E-state index is -0.533. The molecule has 1 fully saturated rings. The fraction of sp³-hybridized carbons (Fsp3) is 0.250. The van der Waals surface area contributed by atoms with Crippen LogP contribution in [-0.2, 0) is 22.7 Å². The Morgan fingerprint density at radius 3 is 2.67 bits per heavy atom. The van der Waals surface area contributed by atoms with Gasteiger partial charge >= 0.3 is 6.03 Å². The molecule has 8 heteroatoms. The Bertz CT molecular complexity index is 757. The molecule has 1 aromatic heterocycles. The maximum atomic E-state index is 12.0. The highest BCUT2D eigenvalue weighted by molar-refractivity contribution is 6.03. The molecule has 1 saturated heterocycles. The number of aromatic nitrogens is 2. The van der Waals surface area contributed by atoms with Crippen LogP contribution in [0.25, 0.3) is 0 Å². The highest BCUT2D eigenvalue weighted by atomic mass is 16.2. The zero-order valence-electron chi connectivity index (χ0n) is 12.9. The predicted octanol–water partition coefficient (Wildman–Crippen LogP) is 0.0994. The van der Waals surface area contributed by atoms with E-state index in [0.29, 0.717) is 13.1 Å². The Morgan fingerprint density at radius 2 is 2.00 bits per heavy atom. The van der Waals surface area contributed by atoms with Crippen molar-refractivity contribution in [1.82, 2.24) is 25.3 Å². The number of rotatable bonds is 6. The summed E-state index contributed by atoms with van der Waals surface area (Å²) in [5.41, 5.74) is 2.03. The van der Waals surface area contributed by atoms with E-state index in [2.05, 4.69) is 15.7 Å². The van der Waals surface area contributed by atoms with Crippen molar-refractivity contribution in [3.05, 3.63) is 53.9 Å². The molecule has 3 rings (SSSR count). The van der Waals surface area contributed by atoms with Crippen LogP contribution in [0.1, 0.15) is 11.1 Å². The van der Waals surface area contributed by atoms with E-state index >= 15 is 0 Å². The number of amides is 4. The number of nitrogens with zero attached hydrogens (tertiary/aromatic N) is 3. The van der Waals surface area contributed by atoms with E-state index < -0.39 is 11.9 Å². The molecule has 1 aliphatic rings. The standard InChI is InChI=1S/C16H17N5O3/c22-14(10-20-11-15(23)19-16(20)24)17-8-12-4-1-2-5-13(12)9-21-7-3-6-18-21/h1-7H,8-11H2,(H,17,22)(H,19,23,24). The summed E-state index contributed by atoms with van der Waals surface area (Å²) < 4.78 is 1.81. The molecule has 2 N–H and O–H groups in total. The zero-order chi connectivity index (χ0) is 16.9. The Hall–Kier alpha value is -3.16. The fourth-order valence-electron chi connectivity index (χ4n) is 2.49. The van der Waals surface area contributed by atoms with Crippen LogP contribution >= 0.6 is 0 Å². The summed E-state index contributed by atoms with van der Waals surface area (Å²) in [5.74, 6) is -0.703. The first kappa shape index (κ1) is 15.7. The lowest BCUT2D eigenvalue weighted by Crippen LogP contribution is -2.38. The first-order valence-electron chi connectivity index (χ1n) is 7.51. The third-order valence-electron chi connectivity index (χ3n) is 3.69. The third kappa shape index (κ3) is 3.78. The van der Waals surface area contributed by atoms with Gasteiger partial charge in [0.05, 0.1) is 6.54 Å². The van der Waals surface area contributed by atoms with Crippen molar-refractivity contribution in [2.45, 2.75) is 13.1 Å². The summed E-state index contributed by atoms with van der Waals surface area (Å²) >= 11 is 0. The topological polar surface area (TPSA) is 96.3 Å². The summed E-state index contributed by atoms with van der Waals surface area (Å²) in [6.45, 7) is 0.739. The molecule has 4 amide bonds. The molecule has 8 nitrogen and oxygen atoms in total. The average molecular weight is 327 g/mol. The number of benzene rings is 1. The first-order chi connectivity index (χ1) is 11.6. The van der Waals surface area contributed by atoms with Crippen molar-refractivity contribution in [3.8, 4) is 0 Å². The minimum Gasteiger partial charge on any atom is -0.350 e. The number of carbonyl (C=O) groups is 3. The molecular formula is C16H17N5O3. The van der Waals surface area contributed by atoms with Gasteiger partial charge < -0.3 is 10.2 Å². The van der Waals surface area contributed by atoms with Gasteiger partial charge in [0.1, 0.15) is 13.1 Å². The second kappa shape index (κ2) is 6.95. The molecule has 24 heavy (non-hydrogen) atoms. The number of hydrogen-bond donors (Lipinski definition) is 2. The van der Waals surface area contributed by atoms with Gasteiger partial charge in [0, 0.05) is 18.9 Å². The lowest BCUT2D eigenvalue weighted by Gasteiger charge is -2.14. The van der Waals surface area contributed by atoms with Gasteiger partial charge in [-0.05, 0) is 17.2 Å². The SMILES string of the molecule is O=C(CN1CC(=O)NC1=O)NCc1ccccc1Cn1cccn1. The smallest absolute Gasteiger partial charge is 0.325 e. The number of nitrogens with one attached hydrogen (secondary N) is 2. The van der Waals surface area contributed by atoms with Crippen LogP contribution in [0.2, 0.25) is 0 Å². The van der Waals surface area contributed by atoms with E-state index in [-0.39, 0.29) is 19.0 Å². The average Bonchev–Trinajstić information content (AvgIpc) is 3.16. The molecule has 124 valence electrons. The molecule has 0 radical (unpaired) electrons. The lowest BCUT2D eigenvalue weighted by molar-refractivity contribution is -0.122. The first-order valence-corrected chi connectivity index (χ1v) is 7.51. The Balaban J connectivity index is 1.57. The van der Waals surface area contributed by atoms with Gasteiger partial charge in [-0.1, -0.05) is 24.3 Å². The van der Waals surface area contributed by atoms with Crippen LogP contribution in [-0.4, -0.2) is 45.6 Å². The molecule has 0 unspecified atom stereocenters. The van der Waals surface area contributed by atoms with Gasteiger partial charge in [-0.15, -0.1) is 0 Å². The van der Waals surface area contributed by atoms with E-state index in [1.807, 2.05) is 36.5 Å². The van der Waals surface area contributed by atoms with Crippen molar-refractivity contribution in [3.63, 3.8) is 0 Å². The Morgan fingerprint density at radius 1 is 1.21 bits per heavy atom. The summed E-state index contributed by atoms with van der Waals surface area (Å²) in [7, 11) is 0. The molecule has 1 aliphatic heterocycles. The quantitative estimate of drug-likeness (QED) is 0.736. The van der Waals surface area contributed by atoms with Gasteiger partial charge in [-0.3, -0.25) is 19.6 Å². The second-order valence-electron chi connectivity index (χ2n) is 5.46. The van der Waals surface area contributed by atoms with Crippen LogP contribution in [0.3, 0.4) is 0 Å². The number of hydrogen-bond acceptors (Lipinski definition) is 4. The van der Waals surface area contributed by atoms with Crippen LogP contribution in [0, 0.1) is 0 Å². The van der Waals surface area contributed by atoms with E-state index in [1.165, 1.54) is 4.90 Å². The number of imide groups is 1. The molecule has 0 atom stereocenters. The molecule has 0 saturated carbocycles. The molecule has 2 heterocycles. The summed E-state index contributed by atoms with van der Waals surface area (Å²) in [4.78, 5) is 35.7. The summed E-state index contributed by atoms with van der Waals surface area (Å²) in [5, 5.41) is 9.10. The van der Waals surface area contributed by atoms with E-state index in [4.69, 9.17) is 0 Å². The Kier molecular flexibility index (Phi) is 4.55. The third-order valence-corrected chi connectivity index (χ3v) is 3.69. The van der Waals surface area contributed by atoms with Crippen LogP contribution in [0.15, 0.2) is 42.7 Å². The maximum Gasteiger partial charge on any atom is 0.325 e. The second-order valence-corrected chi connectivity index (χ2v) is 5.46. The minimum absolute atomic E-state index is 0.0812. The lowest BCUT2D eigenvalue weighted by atomic mass is 10.1. The fourth-order valence-corrected chi connectivity index (χ4v) is 2.49. The maximum absolute atomic E-state index is 12.0. The number of urea groups is 1. The summed E-state index contributed by atoms with van der Waals surface area (Å²) in [6, 6.07) is 9.08. The Labute approximate surface area is 138 Å². The predicted molar refractivity (Wildman–Crippen MR) is 84.7 cm³/mol. The normalized spacial score (nSPS) is 13.9. The largest absolute Gasteiger partial charge is 0.350 e. The van der Waals surface area contributed by atoms with Crippen LogP contribution in [0.4, 0.5) is 4.79 Å². The van der Waals surface area contributed by atoms with Gasteiger partial charge in [0.25, 0.3) is 0 Å². The molecule has 1 aromatic carbocycles. The highest BCUT2D eigenvalue weighted by Gasteiger charge is 2.28. The van der Waals surface area contributed by atoms with Crippen LogP contribution in [0.5, 0.6) is 0 Å². The molecule has 2 aromatic rings. The van der Waals surface area contributed by atoms with Gasteiger partial charge in [-0.2, -0.15) is 5.10 Å². The highest BCUT2D eigenvalue weighted by Crippen LogP contribution is 2.10. The molecule has 0 aliphatic carbocycles. The zero-order valence-corrected chi connectivity index (χ0v) is 12.9. The van der Waals surface area contributed by atoms with E-state index in [1.54, 1.807) is 10.9 Å². The van der Waals surface area contributed by atoms with E-state index in [0.717, 1.165) is 11.1 Å². The molecule has 0 bridgehead atoms. The summed E-state index contributed by atoms with van der Waals surface area (Å²) in [6.07, 6.45) is 3.59. The van der Waals surface area contributed by atoms with E-state index in [9.17, 15) is 14.4 Å². The monoisotopic (exact) mass is 327 g/mol. The number of carbonyl (C=O) groups excluding carboxylic acids is 3.